The van der Waals surface area contributed by atoms with Gasteiger partial charge in [-0.05, 0) is 19.3 Å². The SMILES string of the molecule is CC(=O)C1=C(C)N=C2SC=CN2C1. The van der Waals surface area contributed by atoms with Crippen LogP contribution in [0.2, 0.25) is 0 Å². The third-order valence-electron chi connectivity index (χ3n) is 2.11. The second-order valence-corrected chi connectivity index (χ2v) is 3.92. The average Bonchev–Trinajstić information content (AvgIpc) is 2.48. The summed E-state index contributed by atoms with van der Waals surface area (Å²) < 4.78 is 0. The molecule has 0 aromatic heterocycles. The highest BCUT2D eigenvalue weighted by Crippen LogP contribution is 2.27. The van der Waals surface area contributed by atoms with Gasteiger partial charge in [0.05, 0.1) is 6.54 Å². The van der Waals surface area contributed by atoms with Gasteiger partial charge in [0.15, 0.2) is 11.0 Å². The molecule has 0 saturated heterocycles. The van der Waals surface area contributed by atoms with Crippen molar-refractivity contribution < 1.29 is 4.79 Å². The Morgan fingerprint density at radius 3 is 3.15 bits per heavy atom. The Hall–Kier alpha value is -1.03. The topological polar surface area (TPSA) is 32.7 Å². The van der Waals surface area contributed by atoms with Gasteiger partial charge >= 0.3 is 0 Å². The van der Waals surface area contributed by atoms with Gasteiger partial charge in [-0.25, -0.2) is 4.99 Å². The molecule has 2 aliphatic rings. The first-order valence-electron chi connectivity index (χ1n) is 4.08. The summed E-state index contributed by atoms with van der Waals surface area (Å²) in [5.74, 6) is 0.116. The summed E-state index contributed by atoms with van der Waals surface area (Å²) in [6.07, 6.45) is 1.96. The molecular formula is C9H10N2OS. The lowest BCUT2D eigenvalue weighted by Crippen LogP contribution is -2.28. The predicted octanol–water partition coefficient (Wildman–Crippen LogP) is 1.74. The number of rotatable bonds is 1. The Kier molecular flexibility index (Phi) is 2.00. The third kappa shape index (κ3) is 1.42. The summed E-state index contributed by atoms with van der Waals surface area (Å²) in [5, 5.41) is 2.96. The van der Waals surface area contributed by atoms with E-state index in [9.17, 15) is 4.79 Å². The minimum Gasteiger partial charge on any atom is -0.322 e. The van der Waals surface area contributed by atoms with Gasteiger partial charge < -0.3 is 4.90 Å². The van der Waals surface area contributed by atoms with Crippen LogP contribution >= 0.6 is 11.8 Å². The maximum absolute atomic E-state index is 11.2. The van der Waals surface area contributed by atoms with Gasteiger partial charge in [-0.3, -0.25) is 4.79 Å². The smallest absolute Gasteiger partial charge is 0.172 e. The maximum atomic E-state index is 11.2. The minimum atomic E-state index is 0.116. The maximum Gasteiger partial charge on any atom is 0.172 e. The average molecular weight is 194 g/mol. The Balaban J connectivity index is 2.35. The number of aliphatic imine (C=N–C) groups is 1. The molecule has 0 fully saturated rings. The summed E-state index contributed by atoms with van der Waals surface area (Å²) in [7, 11) is 0. The van der Waals surface area contributed by atoms with Crippen molar-refractivity contribution in [3.63, 3.8) is 0 Å². The summed E-state index contributed by atoms with van der Waals surface area (Å²) >= 11 is 1.59. The van der Waals surface area contributed by atoms with Crippen LogP contribution in [-0.2, 0) is 4.79 Å². The second-order valence-electron chi connectivity index (χ2n) is 3.05. The van der Waals surface area contributed by atoms with E-state index in [0.717, 1.165) is 16.4 Å². The molecule has 13 heavy (non-hydrogen) atoms. The normalized spacial score (nSPS) is 20.5. The number of carbonyl (C=O) groups excluding carboxylic acids is 1. The highest BCUT2D eigenvalue weighted by molar-refractivity contribution is 8.16. The quantitative estimate of drug-likeness (QED) is 0.637. The van der Waals surface area contributed by atoms with Crippen LogP contribution in [0.1, 0.15) is 13.8 Å². The largest absolute Gasteiger partial charge is 0.322 e. The number of nitrogens with zero attached hydrogens (tertiary/aromatic N) is 2. The van der Waals surface area contributed by atoms with E-state index in [1.54, 1.807) is 18.7 Å². The zero-order valence-corrected chi connectivity index (χ0v) is 8.39. The number of fused-ring (bicyclic) bond motifs is 1. The lowest BCUT2D eigenvalue weighted by atomic mass is 10.1. The molecule has 0 N–H and O–H groups in total. The predicted molar refractivity (Wildman–Crippen MR) is 54.3 cm³/mol. The number of amidine groups is 1. The van der Waals surface area contributed by atoms with Crippen molar-refractivity contribution in [3.05, 3.63) is 22.9 Å². The van der Waals surface area contributed by atoms with E-state index in [4.69, 9.17) is 0 Å². The van der Waals surface area contributed by atoms with Crippen LogP contribution in [0.3, 0.4) is 0 Å². The van der Waals surface area contributed by atoms with Gasteiger partial charge in [0.2, 0.25) is 0 Å². The van der Waals surface area contributed by atoms with E-state index in [2.05, 4.69) is 4.99 Å². The molecule has 0 bridgehead atoms. The lowest BCUT2D eigenvalue weighted by Gasteiger charge is -2.22. The monoisotopic (exact) mass is 194 g/mol. The number of ketones is 1. The number of Topliss-reactive ketones (excluding diaryl/α,β-unsaturated/α-hetero) is 1. The fourth-order valence-electron chi connectivity index (χ4n) is 1.37. The van der Waals surface area contributed by atoms with Gasteiger partial charge in [0.25, 0.3) is 0 Å². The van der Waals surface area contributed by atoms with Crippen molar-refractivity contribution in [1.82, 2.24) is 4.90 Å². The second kappa shape index (κ2) is 3.03. The molecular weight excluding hydrogens is 184 g/mol. The minimum absolute atomic E-state index is 0.116. The van der Waals surface area contributed by atoms with Gasteiger partial charge in [0, 0.05) is 17.5 Å². The van der Waals surface area contributed by atoms with Crippen molar-refractivity contribution in [2.45, 2.75) is 13.8 Å². The Morgan fingerprint density at radius 2 is 2.46 bits per heavy atom. The molecule has 0 aromatic carbocycles. The first-order valence-corrected chi connectivity index (χ1v) is 4.96. The molecule has 0 aliphatic carbocycles. The molecule has 68 valence electrons. The van der Waals surface area contributed by atoms with Crippen molar-refractivity contribution in [2.24, 2.45) is 4.99 Å². The summed E-state index contributed by atoms with van der Waals surface area (Å²) in [5.41, 5.74) is 1.67. The standard InChI is InChI=1S/C9H10N2OS/c1-6-8(7(2)12)5-11-3-4-13-9(11)10-6/h3-4H,5H2,1-2H3. The Bertz CT molecular complexity index is 355. The van der Waals surface area contributed by atoms with Gasteiger partial charge in [-0.2, -0.15) is 0 Å². The van der Waals surface area contributed by atoms with Crippen LogP contribution < -0.4 is 0 Å². The van der Waals surface area contributed by atoms with Crippen molar-refractivity contribution in [2.75, 3.05) is 6.54 Å². The molecule has 0 saturated carbocycles. The van der Waals surface area contributed by atoms with Crippen LogP contribution in [0.4, 0.5) is 0 Å². The summed E-state index contributed by atoms with van der Waals surface area (Å²) in [4.78, 5) is 17.6. The lowest BCUT2D eigenvalue weighted by molar-refractivity contribution is -0.113. The molecule has 0 radical (unpaired) electrons. The van der Waals surface area contributed by atoms with E-state index < -0.39 is 0 Å². The summed E-state index contributed by atoms with van der Waals surface area (Å²) in [6, 6.07) is 0. The van der Waals surface area contributed by atoms with E-state index in [1.165, 1.54) is 0 Å². The molecule has 2 heterocycles. The van der Waals surface area contributed by atoms with Crippen LogP contribution in [-0.4, -0.2) is 22.4 Å². The molecule has 0 spiro atoms. The molecule has 0 atom stereocenters. The van der Waals surface area contributed by atoms with Crippen molar-refractivity contribution >= 4 is 22.7 Å². The van der Waals surface area contributed by atoms with Gasteiger partial charge in [-0.1, -0.05) is 11.8 Å². The van der Waals surface area contributed by atoms with Crippen LogP contribution in [0.5, 0.6) is 0 Å². The number of hydrogen-bond acceptors (Lipinski definition) is 4. The molecule has 2 aliphatic heterocycles. The number of carbonyl (C=O) groups is 1. The van der Waals surface area contributed by atoms with E-state index in [-0.39, 0.29) is 5.78 Å². The van der Waals surface area contributed by atoms with Gasteiger partial charge in [0.1, 0.15) is 0 Å². The first kappa shape index (κ1) is 8.56. The van der Waals surface area contributed by atoms with Gasteiger partial charge in [-0.15, -0.1) is 0 Å². The summed E-state index contributed by atoms with van der Waals surface area (Å²) in [6.45, 7) is 4.15. The van der Waals surface area contributed by atoms with E-state index in [1.807, 2.05) is 23.4 Å². The Morgan fingerprint density at radius 1 is 1.69 bits per heavy atom. The van der Waals surface area contributed by atoms with E-state index >= 15 is 0 Å². The number of hydrogen-bond donors (Lipinski definition) is 0. The fraction of sp³-hybridized carbons (Fsp3) is 0.333. The first-order chi connectivity index (χ1) is 6.18. The van der Waals surface area contributed by atoms with E-state index in [0.29, 0.717) is 6.54 Å². The zero-order chi connectivity index (χ0) is 9.42. The molecule has 3 nitrogen and oxygen atoms in total. The number of thioether (sulfide) groups is 1. The van der Waals surface area contributed by atoms with Crippen molar-refractivity contribution in [1.29, 1.82) is 0 Å². The molecule has 0 aromatic rings. The van der Waals surface area contributed by atoms with Crippen LogP contribution in [0, 0.1) is 0 Å². The molecule has 4 heteroatoms. The molecule has 0 amide bonds. The Labute approximate surface area is 81.2 Å². The van der Waals surface area contributed by atoms with Crippen molar-refractivity contribution in [3.8, 4) is 0 Å². The third-order valence-corrected chi connectivity index (χ3v) is 2.91. The van der Waals surface area contributed by atoms with Crippen LogP contribution in [0.25, 0.3) is 0 Å². The zero-order valence-electron chi connectivity index (χ0n) is 7.57. The van der Waals surface area contributed by atoms with Crippen LogP contribution in [0.15, 0.2) is 27.9 Å². The highest BCUT2D eigenvalue weighted by Gasteiger charge is 2.23. The molecule has 0 unspecified atom stereocenters. The fourth-order valence-corrected chi connectivity index (χ4v) is 2.15. The number of allylic oxidation sites excluding steroid dienone is 1. The highest BCUT2D eigenvalue weighted by atomic mass is 32.2. The molecule has 2 rings (SSSR count).